The maximum Gasteiger partial charge on any atom is 0.123 e. The Hall–Kier alpha value is -1.09. The SMILES string of the molecule is CCCC(C)COc1ccc(F)cc1CNC(C)C. The summed E-state index contributed by atoms with van der Waals surface area (Å²) in [6.07, 6.45) is 2.32. The molecule has 2 nitrogen and oxygen atoms in total. The lowest BCUT2D eigenvalue weighted by Gasteiger charge is -2.16. The average molecular weight is 267 g/mol. The highest BCUT2D eigenvalue weighted by molar-refractivity contribution is 5.34. The van der Waals surface area contributed by atoms with Crippen molar-refractivity contribution >= 4 is 0 Å². The van der Waals surface area contributed by atoms with E-state index in [1.807, 2.05) is 0 Å². The van der Waals surface area contributed by atoms with Crippen LogP contribution in [0.1, 0.15) is 46.1 Å². The van der Waals surface area contributed by atoms with E-state index in [-0.39, 0.29) is 5.82 Å². The van der Waals surface area contributed by atoms with Gasteiger partial charge in [0.15, 0.2) is 0 Å². The van der Waals surface area contributed by atoms with E-state index in [0.717, 1.165) is 24.2 Å². The number of rotatable bonds is 8. The molecule has 0 saturated carbocycles. The third-order valence-corrected chi connectivity index (χ3v) is 3.03. The third kappa shape index (κ3) is 6.06. The first-order valence-electron chi connectivity index (χ1n) is 7.17. The van der Waals surface area contributed by atoms with Crippen LogP contribution in [0.25, 0.3) is 0 Å². The van der Waals surface area contributed by atoms with Gasteiger partial charge in [-0.15, -0.1) is 0 Å². The van der Waals surface area contributed by atoms with Gasteiger partial charge in [0.1, 0.15) is 11.6 Å². The van der Waals surface area contributed by atoms with E-state index in [9.17, 15) is 4.39 Å². The normalized spacial score (nSPS) is 12.7. The molecule has 0 amide bonds. The Kier molecular flexibility index (Phi) is 6.85. The van der Waals surface area contributed by atoms with Crippen molar-refractivity contribution in [1.29, 1.82) is 0 Å². The van der Waals surface area contributed by atoms with E-state index >= 15 is 0 Å². The first kappa shape index (κ1) is 16.0. The van der Waals surface area contributed by atoms with Crippen LogP contribution in [-0.2, 0) is 6.54 Å². The second kappa shape index (κ2) is 8.16. The fraction of sp³-hybridized carbons (Fsp3) is 0.625. The van der Waals surface area contributed by atoms with Gasteiger partial charge in [0.2, 0.25) is 0 Å². The standard InChI is InChI=1S/C16H26FNO/c1-5-6-13(4)11-19-16-8-7-15(17)9-14(16)10-18-12(2)3/h7-9,12-13,18H,5-6,10-11H2,1-4H3. The van der Waals surface area contributed by atoms with Gasteiger partial charge < -0.3 is 10.1 Å². The van der Waals surface area contributed by atoms with Crippen LogP contribution in [0, 0.1) is 11.7 Å². The molecule has 0 aromatic heterocycles. The molecule has 1 atom stereocenters. The van der Waals surface area contributed by atoms with Gasteiger partial charge in [0.05, 0.1) is 6.61 Å². The molecular formula is C16H26FNO. The fourth-order valence-corrected chi connectivity index (χ4v) is 1.95. The first-order chi connectivity index (χ1) is 9.02. The van der Waals surface area contributed by atoms with E-state index < -0.39 is 0 Å². The molecule has 19 heavy (non-hydrogen) atoms. The fourth-order valence-electron chi connectivity index (χ4n) is 1.95. The van der Waals surface area contributed by atoms with Gasteiger partial charge in [0.25, 0.3) is 0 Å². The molecule has 3 heteroatoms. The van der Waals surface area contributed by atoms with E-state index in [1.165, 1.54) is 6.07 Å². The Morgan fingerprint density at radius 3 is 2.63 bits per heavy atom. The molecule has 0 aliphatic rings. The molecule has 0 radical (unpaired) electrons. The van der Waals surface area contributed by atoms with E-state index in [1.54, 1.807) is 12.1 Å². The molecule has 0 aliphatic heterocycles. The Bertz CT molecular complexity index is 379. The minimum Gasteiger partial charge on any atom is -0.493 e. The van der Waals surface area contributed by atoms with Gasteiger partial charge in [-0.1, -0.05) is 34.1 Å². The van der Waals surface area contributed by atoms with Crippen molar-refractivity contribution in [1.82, 2.24) is 5.32 Å². The third-order valence-electron chi connectivity index (χ3n) is 3.03. The van der Waals surface area contributed by atoms with Crippen LogP contribution in [-0.4, -0.2) is 12.6 Å². The first-order valence-corrected chi connectivity index (χ1v) is 7.17. The lowest BCUT2D eigenvalue weighted by atomic mass is 10.1. The molecule has 0 spiro atoms. The van der Waals surface area contributed by atoms with E-state index in [0.29, 0.717) is 25.1 Å². The van der Waals surface area contributed by atoms with Crippen LogP contribution in [0.3, 0.4) is 0 Å². The summed E-state index contributed by atoms with van der Waals surface area (Å²) in [4.78, 5) is 0. The second-order valence-corrected chi connectivity index (χ2v) is 5.49. The molecule has 1 rings (SSSR count). The smallest absolute Gasteiger partial charge is 0.123 e. The zero-order valence-corrected chi connectivity index (χ0v) is 12.5. The number of nitrogens with one attached hydrogen (secondary N) is 1. The van der Waals surface area contributed by atoms with Crippen LogP contribution in [0.5, 0.6) is 5.75 Å². The van der Waals surface area contributed by atoms with E-state index in [2.05, 4.69) is 33.0 Å². The molecular weight excluding hydrogens is 241 g/mol. The molecule has 0 bridgehead atoms. The Morgan fingerprint density at radius 2 is 2.00 bits per heavy atom. The minimum atomic E-state index is -0.213. The number of ether oxygens (including phenoxy) is 1. The van der Waals surface area contributed by atoms with Gasteiger partial charge in [-0.05, 0) is 30.5 Å². The zero-order chi connectivity index (χ0) is 14.3. The molecule has 108 valence electrons. The van der Waals surface area contributed by atoms with Crippen molar-refractivity contribution in [3.63, 3.8) is 0 Å². The maximum atomic E-state index is 13.3. The van der Waals surface area contributed by atoms with Gasteiger partial charge >= 0.3 is 0 Å². The van der Waals surface area contributed by atoms with Crippen molar-refractivity contribution in [2.75, 3.05) is 6.61 Å². The molecule has 0 aliphatic carbocycles. The van der Waals surface area contributed by atoms with Crippen LogP contribution < -0.4 is 10.1 Å². The van der Waals surface area contributed by atoms with Crippen LogP contribution in [0.4, 0.5) is 4.39 Å². The molecule has 1 aromatic carbocycles. The van der Waals surface area contributed by atoms with Crippen LogP contribution in [0.2, 0.25) is 0 Å². The summed E-state index contributed by atoms with van der Waals surface area (Å²) >= 11 is 0. The number of hydrogen-bond donors (Lipinski definition) is 1. The second-order valence-electron chi connectivity index (χ2n) is 5.49. The average Bonchev–Trinajstić information content (AvgIpc) is 2.35. The highest BCUT2D eigenvalue weighted by Gasteiger charge is 2.08. The summed E-state index contributed by atoms with van der Waals surface area (Å²) in [6.45, 7) is 9.82. The lowest BCUT2D eigenvalue weighted by molar-refractivity contribution is 0.248. The maximum absolute atomic E-state index is 13.3. The van der Waals surface area contributed by atoms with Crippen molar-refractivity contribution in [3.05, 3.63) is 29.6 Å². The van der Waals surface area contributed by atoms with Gasteiger partial charge in [0, 0.05) is 18.2 Å². The molecule has 0 saturated heterocycles. The molecule has 1 aromatic rings. The summed E-state index contributed by atoms with van der Waals surface area (Å²) < 4.78 is 19.1. The van der Waals surface area contributed by atoms with Crippen molar-refractivity contribution in [3.8, 4) is 5.75 Å². The Balaban J connectivity index is 2.65. The van der Waals surface area contributed by atoms with Gasteiger partial charge in [-0.25, -0.2) is 4.39 Å². The van der Waals surface area contributed by atoms with Crippen LogP contribution in [0.15, 0.2) is 18.2 Å². The Labute approximate surface area is 116 Å². The highest BCUT2D eigenvalue weighted by atomic mass is 19.1. The molecule has 0 fully saturated rings. The monoisotopic (exact) mass is 267 g/mol. The predicted molar refractivity (Wildman–Crippen MR) is 77.9 cm³/mol. The molecule has 1 N–H and O–H groups in total. The van der Waals surface area contributed by atoms with Gasteiger partial charge in [-0.3, -0.25) is 0 Å². The van der Waals surface area contributed by atoms with Crippen molar-refractivity contribution in [2.45, 2.75) is 53.1 Å². The Morgan fingerprint density at radius 1 is 1.26 bits per heavy atom. The highest BCUT2D eigenvalue weighted by Crippen LogP contribution is 2.21. The van der Waals surface area contributed by atoms with Gasteiger partial charge in [-0.2, -0.15) is 0 Å². The van der Waals surface area contributed by atoms with Crippen LogP contribution >= 0.6 is 0 Å². The van der Waals surface area contributed by atoms with E-state index in [4.69, 9.17) is 4.74 Å². The summed E-state index contributed by atoms with van der Waals surface area (Å²) in [7, 11) is 0. The molecule has 0 heterocycles. The predicted octanol–water partition coefficient (Wildman–Crippen LogP) is 4.14. The number of halogens is 1. The quantitative estimate of drug-likeness (QED) is 0.764. The number of benzene rings is 1. The number of hydrogen-bond acceptors (Lipinski definition) is 2. The van der Waals surface area contributed by atoms with Crippen molar-refractivity contribution < 1.29 is 9.13 Å². The summed E-state index contributed by atoms with van der Waals surface area (Å²) in [5, 5.41) is 3.30. The lowest BCUT2D eigenvalue weighted by Crippen LogP contribution is -2.22. The summed E-state index contributed by atoms with van der Waals surface area (Å²) in [5.41, 5.74) is 0.886. The minimum absolute atomic E-state index is 0.213. The zero-order valence-electron chi connectivity index (χ0n) is 12.5. The summed E-state index contributed by atoms with van der Waals surface area (Å²) in [5.74, 6) is 1.10. The van der Waals surface area contributed by atoms with Crippen molar-refractivity contribution in [2.24, 2.45) is 5.92 Å². The summed E-state index contributed by atoms with van der Waals surface area (Å²) in [6, 6.07) is 5.11. The topological polar surface area (TPSA) is 21.3 Å². The molecule has 1 unspecified atom stereocenters. The largest absolute Gasteiger partial charge is 0.493 e.